The van der Waals surface area contributed by atoms with Crippen LogP contribution in [0.25, 0.3) is 6.08 Å². The minimum absolute atomic E-state index is 0.858. The number of rotatable bonds is 4. The molecule has 3 heteroatoms. The van der Waals surface area contributed by atoms with Gasteiger partial charge in [-0.3, -0.25) is 0 Å². The number of nitrogens with zero attached hydrogens (tertiary/aromatic N) is 1. The molecule has 0 radical (unpaired) electrons. The Balaban J connectivity index is 2.85. The largest absolute Gasteiger partial charge is 0.497 e. The van der Waals surface area contributed by atoms with Crippen molar-refractivity contribution >= 4 is 11.8 Å². The molecule has 0 fully saturated rings. The third-order valence-electron chi connectivity index (χ3n) is 2.30. The Bertz CT molecular complexity index is 391. The standard InChI is InChI=1S/C13H17NO2/c1-10(11(2)14-16-4)9-12-5-7-13(15-3)8-6-12/h5-9H,1-4H3. The van der Waals surface area contributed by atoms with Crippen LogP contribution in [0.4, 0.5) is 0 Å². The Kier molecular flexibility index (Phi) is 4.58. The summed E-state index contributed by atoms with van der Waals surface area (Å²) in [6.07, 6.45) is 2.05. The number of ether oxygens (including phenoxy) is 1. The summed E-state index contributed by atoms with van der Waals surface area (Å²) < 4.78 is 5.10. The lowest BCUT2D eigenvalue weighted by Gasteiger charge is -2.02. The van der Waals surface area contributed by atoms with Crippen LogP contribution in [0.1, 0.15) is 19.4 Å². The highest BCUT2D eigenvalue weighted by Gasteiger charge is 1.97. The van der Waals surface area contributed by atoms with Crippen LogP contribution in [-0.2, 0) is 4.84 Å². The van der Waals surface area contributed by atoms with Crippen molar-refractivity contribution in [2.24, 2.45) is 5.16 Å². The van der Waals surface area contributed by atoms with Gasteiger partial charge in [-0.15, -0.1) is 0 Å². The number of hydrogen-bond acceptors (Lipinski definition) is 3. The summed E-state index contributed by atoms with van der Waals surface area (Å²) in [4.78, 5) is 4.73. The van der Waals surface area contributed by atoms with Gasteiger partial charge in [-0.25, -0.2) is 0 Å². The molecule has 1 aromatic carbocycles. The fourth-order valence-electron chi connectivity index (χ4n) is 1.26. The molecule has 1 rings (SSSR count). The van der Waals surface area contributed by atoms with Crippen molar-refractivity contribution in [2.75, 3.05) is 14.2 Å². The van der Waals surface area contributed by atoms with Crippen molar-refractivity contribution < 1.29 is 9.57 Å². The van der Waals surface area contributed by atoms with Crippen molar-refractivity contribution in [2.45, 2.75) is 13.8 Å². The zero-order chi connectivity index (χ0) is 12.0. The topological polar surface area (TPSA) is 30.8 Å². The molecule has 0 spiro atoms. The maximum absolute atomic E-state index is 5.10. The van der Waals surface area contributed by atoms with Gasteiger partial charge in [-0.1, -0.05) is 23.4 Å². The third kappa shape index (κ3) is 3.42. The van der Waals surface area contributed by atoms with Gasteiger partial charge < -0.3 is 9.57 Å². The zero-order valence-corrected chi connectivity index (χ0v) is 10.2. The maximum atomic E-state index is 5.10. The van der Waals surface area contributed by atoms with E-state index >= 15 is 0 Å². The Morgan fingerprint density at radius 1 is 1.12 bits per heavy atom. The highest BCUT2D eigenvalue weighted by atomic mass is 16.6. The minimum atomic E-state index is 0.858. The molecule has 0 aliphatic rings. The van der Waals surface area contributed by atoms with E-state index in [4.69, 9.17) is 9.57 Å². The average molecular weight is 219 g/mol. The van der Waals surface area contributed by atoms with Gasteiger partial charge in [-0.05, 0) is 37.1 Å². The second-order valence-electron chi connectivity index (χ2n) is 3.46. The third-order valence-corrected chi connectivity index (χ3v) is 2.30. The van der Waals surface area contributed by atoms with Gasteiger partial charge in [0.1, 0.15) is 12.9 Å². The highest BCUT2D eigenvalue weighted by Crippen LogP contribution is 2.14. The van der Waals surface area contributed by atoms with E-state index in [2.05, 4.69) is 11.2 Å². The van der Waals surface area contributed by atoms with E-state index in [0.29, 0.717) is 0 Å². The van der Waals surface area contributed by atoms with Crippen LogP contribution in [0, 0.1) is 0 Å². The van der Waals surface area contributed by atoms with E-state index in [1.165, 1.54) is 0 Å². The van der Waals surface area contributed by atoms with E-state index in [1.54, 1.807) is 14.2 Å². The fraction of sp³-hybridized carbons (Fsp3) is 0.308. The predicted octanol–water partition coefficient (Wildman–Crippen LogP) is 3.12. The molecular weight excluding hydrogens is 202 g/mol. The highest BCUT2D eigenvalue weighted by molar-refractivity contribution is 6.01. The van der Waals surface area contributed by atoms with Gasteiger partial charge in [0.25, 0.3) is 0 Å². The molecule has 86 valence electrons. The van der Waals surface area contributed by atoms with Gasteiger partial charge in [0.15, 0.2) is 0 Å². The van der Waals surface area contributed by atoms with Crippen LogP contribution in [0.2, 0.25) is 0 Å². The molecule has 0 bridgehead atoms. The van der Waals surface area contributed by atoms with Crippen molar-refractivity contribution in [3.63, 3.8) is 0 Å². The quantitative estimate of drug-likeness (QED) is 0.575. The van der Waals surface area contributed by atoms with Gasteiger partial charge in [0.05, 0.1) is 12.8 Å². The molecule has 0 aromatic heterocycles. The maximum Gasteiger partial charge on any atom is 0.118 e. The SMILES string of the molecule is CON=C(C)C(C)=Cc1ccc(OC)cc1. The first-order chi connectivity index (χ1) is 7.67. The molecule has 1 aromatic rings. The second-order valence-corrected chi connectivity index (χ2v) is 3.46. The summed E-state index contributed by atoms with van der Waals surface area (Å²) in [5.74, 6) is 0.858. The molecule has 0 saturated carbocycles. The van der Waals surface area contributed by atoms with Crippen molar-refractivity contribution in [3.05, 3.63) is 35.4 Å². The van der Waals surface area contributed by atoms with E-state index in [-0.39, 0.29) is 0 Å². The van der Waals surface area contributed by atoms with E-state index < -0.39 is 0 Å². The molecule has 16 heavy (non-hydrogen) atoms. The molecule has 0 unspecified atom stereocenters. The van der Waals surface area contributed by atoms with Gasteiger partial charge in [0, 0.05) is 0 Å². The van der Waals surface area contributed by atoms with Crippen LogP contribution in [0.15, 0.2) is 35.0 Å². The van der Waals surface area contributed by atoms with Crippen LogP contribution in [0.3, 0.4) is 0 Å². The Morgan fingerprint density at radius 2 is 1.75 bits per heavy atom. The Morgan fingerprint density at radius 3 is 2.25 bits per heavy atom. The average Bonchev–Trinajstić information content (AvgIpc) is 2.30. The summed E-state index contributed by atoms with van der Waals surface area (Å²) in [6.45, 7) is 3.92. The van der Waals surface area contributed by atoms with E-state index in [9.17, 15) is 0 Å². The number of benzene rings is 1. The van der Waals surface area contributed by atoms with Crippen molar-refractivity contribution in [1.29, 1.82) is 0 Å². The number of oxime groups is 1. The Labute approximate surface area is 96.4 Å². The number of methoxy groups -OCH3 is 1. The first-order valence-electron chi connectivity index (χ1n) is 5.08. The molecule has 0 heterocycles. The lowest BCUT2D eigenvalue weighted by Crippen LogP contribution is -1.93. The normalized spacial score (nSPS) is 12.5. The Hall–Kier alpha value is -1.77. The van der Waals surface area contributed by atoms with E-state index in [1.807, 2.05) is 38.1 Å². The predicted molar refractivity (Wildman–Crippen MR) is 66.8 cm³/mol. The summed E-state index contributed by atoms with van der Waals surface area (Å²) in [7, 11) is 3.20. The molecule has 0 atom stereocenters. The second kappa shape index (κ2) is 5.95. The first kappa shape index (κ1) is 12.3. The smallest absolute Gasteiger partial charge is 0.118 e. The van der Waals surface area contributed by atoms with Crippen LogP contribution < -0.4 is 4.74 Å². The number of allylic oxidation sites excluding steroid dienone is 1. The molecule has 0 N–H and O–H groups in total. The lowest BCUT2D eigenvalue weighted by molar-refractivity contribution is 0.213. The van der Waals surface area contributed by atoms with Crippen LogP contribution >= 0.6 is 0 Å². The fourth-order valence-corrected chi connectivity index (χ4v) is 1.26. The van der Waals surface area contributed by atoms with Crippen LogP contribution in [0.5, 0.6) is 5.75 Å². The summed E-state index contributed by atoms with van der Waals surface area (Å²) in [6, 6.07) is 7.87. The summed E-state index contributed by atoms with van der Waals surface area (Å²) in [5.41, 5.74) is 3.06. The van der Waals surface area contributed by atoms with Gasteiger partial charge >= 0.3 is 0 Å². The zero-order valence-electron chi connectivity index (χ0n) is 10.2. The molecule has 0 amide bonds. The summed E-state index contributed by atoms with van der Waals surface area (Å²) in [5, 5.41) is 3.88. The first-order valence-corrected chi connectivity index (χ1v) is 5.08. The monoisotopic (exact) mass is 219 g/mol. The molecular formula is C13H17NO2. The summed E-state index contributed by atoms with van der Waals surface area (Å²) >= 11 is 0. The van der Waals surface area contributed by atoms with Gasteiger partial charge in [0.2, 0.25) is 0 Å². The minimum Gasteiger partial charge on any atom is -0.497 e. The van der Waals surface area contributed by atoms with Crippen molar-refractivity contribution in [1.82, 2.24) is 0 Å². The molecule has 3 nitrogen and oxygen atoms in total. The molecule has 0 saturated heterocycles. The van der Waals surface area contributed by atoms with Crippen molar-refractivity contribution in [3.8, 4) is 5.75 Å². The van der Waals surface area contributed by atoms with Gasteiger partial charge in [-0.2, -0.15) is 0 Å². The van der Waals surface area contributed by atoms with E-state index in [0.717, 1.165) is 22.6 Å². The lowest BCUT2D eigenvalue weighted by atomic mass is 10.1. The number of hydrogen-bond donors (Lipinski definition) is 0. The molecule has 0 aliphatic carbocycles. The molecule has 0 aliphatic heterocycles. The van der Waals surface area contributed by atoms with Crippen LogP contribution in [-0.4, -0.2) is 19.9 Å².